The van der Waals surface area contributed by atoms with Gasteiger partial charge in [-0.05, 0) is 41.8 Å². The molecule has 0 amide bonds. The third-order valence-corrected chi connectivity index (χ3v) is 4.98. The minimum absolute atomic E-state index is 0.162. The number of nitrogens with one attached hydrogen (secondary N) is 1. The highest BCUT2D eigenvalue weighted by molar-refractivity contribution is 7.89. The van der Waals surface area contributed by atoms with Gasteiger partial charge in [-0.3, -0.25) is 4.98 Å². The predicted molar refractivity (Wildman–Crippen MR) is 98.8 cm³/mol. The molecule has 1 aromatic heterocycles. The summed E-state index contributed by atoms with van der Waals surface area (Å²) in [5, 5.41) is 3.86. The number of hydrogen-bond donors (Lipinski definition) is 1. The second-order valence-corrected chi connectivity index (χ2v) is 7.06. The van der Waals surface area contributed by atoms with E-state index in [0.717, 1.165) is 16.7 Å². The Morgan fingerprint density at radius 2 is 1.60 bits per heavy atom. The molecule has 0 radical (unpaired) electrons. The lowest BCUT2D eigenvalue weighted by Gasteiger charge is -2.08. The van der Waals surface area contributed by atoms with Gasteiger partial charge in [-0.1, -0.05) is 48.5 Å². The molecule has 0 aliphatic rings. The van der Waals surface area contributed by atoms with Crippen molar-refractivity contribution in [1.29, 1.82) is 0 Å². The van der Waals surface area contributed by atoms with E-state index in [-0.39, 0.29) is 4.90 Å². The van der Waals surface area contributed by atoms with Crippen LogP contribution in [0.1, 0.15) is 11.3 Å². The standard InChI is InChI=1S/C19H17N3O2S/c1-15-18(16-8-4-2-5-9-16)12-13-20-19(15)14-21-22-25(23,24)17-10-6-3-7-11-17/h2-14,22H,1H3. The van der Waals surface area contributed by atoms with Crippen molar-refractivity contribution in [3.05, 3.63) is 84.2 Å². The van der Waals surface area contributed by atoms with Crippen LogP contribution in [0.2, 0.25) is 0 Å². The largest absolute Gasteiger partial charge is 0.276 e. The maximum atomic E-state index is 12.2. The Hall–Kier alpha value is -2.99. The van der Waals surface area contributed by atoms with E-state index in [2.05, 4.69) is 14.9 Å². The Morgan fingerprint density at radius 1 is 0.960 bits per heavy atom. The fourth-order valence-electron chi connectivity index (χ4n) is 2.42. The molecule has 3 aromatic rings. The number of rotatable bonds is 5. The fourth-order valence-corrected chi connectivity index (χ4v) is 3.23. The first-order valence-electron chi connectivity index (χ1n) is 7.69. The first-order chi connectivity index (χ1) is 12.1. The molecule has 0 aliphatic carbocycles. The Labute approximate surface area is 147 Å². The molecule has 0 fully saturated rings. The molecular weight excluding hydrogens is 334 g/mol. The fraction of sp³-hybridized carbons (Fsp3) is 0.0526. The van der Waals surface area contributed by atoms with Crippen LogP contribution in [0.15, 0.2) is 82.9 Å². The SMILES string of the molecule is Cc1c(-c2ccccc2)ccnc1C=NNS(=O)(=O)c1ccccc1. The minimum Gasteiger partial charge on any atom is -0.255 e. The number of aromatic nitrogens is 1. The van der Waals surface area contributed by atoms with Crippen LogP contribution in [-0.4, -0.2) is 19.6 Å². The lowest BCUT2D eigenvalue weighted by Crippen LogP contribution is -2.18. The van der Waals surface area contributed by atoms with Gasteiger partial charge in [0.25, 0.3) is 10.0 Å². The van der Waals surface area contributed by atoms with E-state index in [9.17, 15) is 8.42 Å². The van der Waals surface area contributed by atoms with Gasteiger partial charge in [-0.2, -0.15) is 13.5 Å². The zero-order valence-corrected chi connectivity index (χ0v) is 14.4. The number of sulfonamides is 1. The van der Waals surface area contributed by atoms with E-state index in [1.165, 1.54) is 18.3 Å². The van der Waals surface area contributed by atoms with Gasteiger partial charge < -0.3 is 0 Å². The molecular formula is C19H17N3O2S. The number of hydrazone groups is 1. The van der Waals surface area contributed by atoms with Crippen molar-refractivity contribution in [1.82, 2.24) is 9.82 Å². The average molecular weight is 351 g/mol. The van der Waals surface area contributed by atoms with Crippen molar-refractivity contribution in [3.8, 4) is 11.1 Å². The van der Waals surface area contributed by atoms with Crippen molar-refractivity contribution < 1.29 is 8.42 Å². The van der Waals surface area contributed by atoms with E-state index in [1.807, 2.05) is 43.3 Å². The molecule has 1 heterocycles. The average Bonchev–Trinajstić information content (AvgIpc) is 2.64. The van der Waals surface area contributed by atoms with Crippen molar-refractivity contribution in [2.75, 3.05) is 0 Å². The molecule has 25 heavy (non-hydrogen) atoms. The van der Waals surface area contributed by atoms with Crippen LogP contribution >= 0.6 is 0 Å². The highest BCUT2D eigenvalue weighted by Gasteiger charge is 2.11. The van der Waals surface area contributed by atoms with Gasteiger partial charge in [0.05, 0.1) is 16.8 Å². The molecule has 5 nitrogen and oxygen atoms in total. The van der Waals surface area contributed by atoms with Crippen molar-refractivity contribution in [2.45, 2.75) is 11.8 Å². The summed E-state index contributed by atoms with van der Waals surface area (Å²) in [7, 11) is -3.68. The summed E-state index contributed by atoms with van der Waals surface area (Å²) in [6.45, 7) is 1.93. The molecule has 0 saturated heterocycles. The quantitative estimate of drug-likeness (QED) is 0.566. The van der Waals surface area contributed by atoms with Crippen LogP contribution in [0.4, 0.5) is 0 Å². The normalized spacial score (nSPS) is 11.6. The molecule has 2 aromatic carbocycles. The molecule has 0 spiro atoms. The van der Waals surface area contributed by atoms with Gasteiger partial charge >= 0.3 is 0 Å². The molecule has 0 unspecified atom stereocenters. The summed E-state index contributed by atoms with van der Waals surface area (Å²) in [6.07, 6.45) is 3.10. The lowest BCUT2D eigenvalue weighted by molar-refractivity contribution is 0.584. The van der Waals surface area contributed by atoms with Gasteiger partial charge in [0, 0.05) is 6.20 Å². The summed E-state index contributed by atoms with van der Waals surface area (Å²) in [5.41, 5.74) is 3.64. The van der Waals surface area contributed by atoms with E-state index < -0.39 is 10.0 Å². The first kappa shape index (κ1) is 16.9. The molecule has 3 rings (SSSR count). The highest BCUT2D eigenvalue weighted by Crippen LogP contribution is 2.23. The molecule has 0 aliphatic heterocycles. The summed E-state index contributed by atoms with van der Waals surface area (Å²) >= 11 is 0. The number of nitrogens with zero attached hydrogens (tertiary/aromatic N) is 2. The molecule has 0 saturated carbocycles. The van der Waals surface area contributed by atoms with Crippen LogP contribution in [0.3, 0.4) is 0 Å². The second kappa shape index (κ2) is 7.27. The number of pyridine rings is 1. The van der Waals surface area contributed by atoms with Crippen LogP contribution in [0.5, 0.6) is 0 Å². The molecule has 0 bridgehead atoms. The third-order valence-electron chi connectivity index (χ3n) is 3.74. The summed E-state index contributed by atoms with van der Waals surface area (Å²) in [6, 6.07) is 20.0. The zero-order chi connectivity index (χ0) is 17.7. The Morgan fingerprint density at radius 3 is 2.28 bits per heavy atom. The molecule has 0 atom stereocenters. The molecule has 6 heteroatoms. The maximum absolute atomic E-state index is 12.2. The Balaban J connectivity index is 1.83. The van der Waals surface area contributed by atoms with Crippen LogP contribution in [-0.2, 0) is 10.0 Å². The van der Waals surface area contributed by atoms with E-state index in [4.69, 9.17) is 0 Å². The smallest absolute Gasteiger partial charge is 0.255 e. The van der Waals surface area contributed by atoms with E-state index >= 15 is 0 Å². The van der Waals surface area contributed by atoms with E-state index in [0.29, 0.717) is 5.69 Å². The minimum atomic E-state index is -3.68. The second-order valence-electron chi connectivity index (χ2n) is 5.40. The molecule has 1 N–H and O–H groups in total. The topological polar surface area (TPSA) is 71.4 Å². The van der Waals surface area contributed by atoms with Crippen molar-refractivity contribution in [3.63, 3.8) is 0 Å². The highest BCUT2D eigenvalue weighted by atomic mass is 32.2. The molecule has 126 valence electrons. The maximum Gasteiger partial charge on any atom is 0.276 e. The van der Waals surface area contributed by atoms with Crippen LogP contribution in [0, 0.1) is 6.92 Å². The summed E-state index contributed by atoms with van der Waals surface area (Å²) in [5.74, 6) is 0. The van der Waals surface area contributed by atoms with Gasteiger partial charge in [0.1, 0.15) is 0 Å². The lowest BCUT2D eigenvalue weighted by atomic mass is 10.0. The third kappa shape index (κ3) is 3.92. The zero-order valence-electron chi connectivity index (χ0n) is 13.6. The monoisotopic (exact) mass is 351 g/mol. The van der Waals surface area contributed by atoms with Gasteiger partial charge in [0.15, 0.2) is 0 Å². The number of hydrogen-bond acceptors (Lipinski definition) is 4. The summed E-state index contributed by atoms with van der Waals surface area (Å²) < 4.78 is 24.3. The van der Waals surface area contributed by atoms with Crippen molar-refractivity contribution in [2.24, 2.45) is 5.10 Å². The summed E-state index contributed by atoms with van der Waals surface area (Å²) in [4.78, 5) is 6.65. The van der Waals surface area contributed by atoms with Crippen LogP contribution in [0.25, 0.3) is 11.1 Å². The number of benzene rings is 2. The Bertz CT molecular complexity index is 986. The van der Waals surface area contributed by atoms with Gasteiger partial charge in [-0.15, -0.1) is 0 Å². The van der Waals surface area contributed by atoms with Crippen molar-refractivity contribution >= 4 is 16.2 Å². The van der Waals surface area contributed by atoms with Gasteiger partial charge in [0.2, 0.25) is 0 Å². The Kier molecular flexibility index (Phi) is 4.90. The van der Waals surface area contributed by atoms with E-state index in [1.54, 1.807) is 24.4 Å². The van der Waals surface area contributed by atoms with Crippen LogP contribution < -0.4 is 4.83 Å². The first-order valence-corrected chi connectivity index (χ1v) is 9.17. The predicted octanol–water partition coefficient (Wildman–Crippen LogP) is 3.37. The van der Waals surface area contributed by atoms with Gasteiger partial charge in [-0.25, -0.2) is 4.83 Å².